The van der Waals surface area contributed by atoms with Crippen molar-refractivity contribution in [3.63, 3.8) is 0 Å². The average molecular weight is 402 g/mol. The Balaban J connectivity index is 1.51. The van der Waals surface area contributed by atoms with Crippen LogP contribution in [0.3, 0.4) is 0 Å². The molecule has 0 unspecified atom stereocenters. The summed E-state index contributed by atoms with van der Waals surface area (Å²) in [6.07, 6.45) is 7.01. The first kappa shape index (κ1) is 19.0. The van der Waals surface area contributed by atoms with E-state index in [1.165, 1.54) is 0 Å². The van der Waals surface area contributed by atoms with Gasteiger partial charge in [0.1, 0.15) is 11.5 Å². The molecule has 2 aliphatic rings. The molecule has 0 aromatic carbocycles. The first-order chi connectivity index (χ1) is 14.5. The Bertz CT molecular complexity index is 1150. The van der Waals surface area contributed by atoms with Gasteiger partial charge in [0.2, 0.25) is 0 Å². The third kappa shape index (κ3) is 3.52. The molecule has 5 rings (SSSR count). The number of carbonyl (C=O) groups is 1. The van der Waals surface area contributed by atoms with E-state index in [0.717, 1.165) is 47.1 Å². The minimum atomic E-state index is 0.124. The third-order valence-electron chi connectivity index (χ3n) is 5.96. The van der Waals surface area contributed by atoms with Gasteiger partial charge in [0.05, 0.1) is 11.4 Å². The molecule has 154 valence electrons. The van der Waals surface area contributed by atoms with Gasteiger partial charge in [0.15, 0.2) is 5.78 Å². The van der Waals surface area contributed by atoms with Crippen molar-refractivity contribution >= 4 is 28.9 Å². The monoisotopic (exact) mass is 401 g/mol. The summed E-state index contributed by atoms with van der Waals surface area (Å²) in [5.74, 6) is 1.13. The van der Waals surface area contributed by atoms with E-state index in [0.29, 0.717) is 30.5 Å². The predicted molar refractivity (Wildman–Crippen MR) is 120 cm³/mol. The molecule has 1 aliphatic heterocycles. The molecule has 4 heterocycles. The highest BCUT2D eigenvalue weighted by atomic mass is 16.1. The number of aromatic nitrogens is 3. The lowest BCUT2D eigenvalue weighted by Gasteiger charge is -2.37. The number of Topliss-reactive ketones (excluding diaryl/α,β-unsaturated/α-hetero) is 1. The quantitative estimate of drug-likeness (QED) is 0.714. The molecule has 30 heavy (non-hydrogen) atoms. The van der Waals surface area contributed by atoms with Crippen LogP contribution in [-0.4, -0.2) is 45.3 Å². The van der Waals surface area contributed by atoms with Gasteiger partial charge in [0.25, 0.3) is 0 Å². The number of hydrogen-bond donors (Lipinski definition) is 1. The van der Waals surface area contributed by atoms with Crippen LogP contribution in [0.5, 0.6) is 0 Å². The van der Waals surface area contributed by atoms with E-state index in [-0.39, 0.29) is 5.78 Å². The maximum atomic E-state index is 12.9. The molecule has 1 N–H and O–H groups in total. The number of anilines is 1. The van der Waals surface area contributed by atoms with E-state index in [1.54, 1.807) is 0 Å². The Morgan fingerprint density at radius 3 is 2.67 bits per heavy atom. The molecule has 0 radical (unpaired) electrons. The van der Waals surface area contributed by atoms with E-state index in [9.17, 15) is 4.79 Å². The fraction of sp³-hybridized carbons (Fsp3) is 0.375. The van der Waals surface area contributed by atoms with Crippen LogP contribution in [0.4, 0.5) is 5.82 Å². The molecule has 0 amide bonds. The van der Waals surface area contributed by atoms with E-state index < -0.39 is 0 Å². The summed E-state index contributed by atoms with van der Waals surface area (Å²) in [6, 6.07) is 9.12. The number of piperazine rings is 1. The fourth-order valence-corrected chi connectivity index (χ4v) is 4.56. The second-order valence-corrected chi connectivity index (χ2v) is 8.66. The number of fused-ring (bicyclic) bond motifs is 2. The molecule has 0 bridgehead atoms. The lowest BCUT2D eigenvalue weighted by molar-refractivity contribution is -0.113. The van der Waals surface area contributed by atoms with Crippen LogP contribution < -0.4 is 10.2 Å². The molecule has 3 aromatic rings. The highest BCUT2D eigenvalue weighted by molar-refractivity contribution is 6.25. The first-order valence-corrected chi connectivity index (χ1v) is 10.7. The Morgan fingerprint density at radius 2 is 1.87 bits per heavy atom. The summed E-state index contributed by atoms with van der Waals surface area (Å²) in [5, 5.41) is 3.56. The van der Waals surface area contributed by atoms with Crippen LogP contribution in [0.1, 0.15) is 42.8 Å². The zero-order valence-electron chi connectivity index (χ0n) is 17.7. The average Bonchev–Trinajstić information content (AvgIpc) is 3.04. The van der Waals surface area contributed by atoms with Crippen LogP contribution in [0.2, 0.25) is 0 Å². The molecule has 6 heteroatoms. The van der Waals surface area contributed by atoms with Gasteiger partial charge in [-0.3, -0.25) is 4.79 Å². The number of imidazole rings is 1. The molecule has 1 saturated heterocycles. The molecule has 0 spiro atoms. The summed E-state index contributed by atoms with van der Waals surface area (Å²) in [7, 11) is 0. The van der Waals surface area contributed by atoms with Crippen LogP contribution in [0, 0.1) is 6.92 Å². The van der Waals surface area contributed by atoms with Crippen molar-refractivity contribution in [1.29, 1.82) is 0 Å². The summed E-state index contributed by atoms with van der Waals surface area (Å²) in [5.41, 5.74) is 5.43. The van der Waals surface area contributed by atoms with Crippen molar-refractivity contribution in [3.8, 4) is 0 Å². The molecule has 1 aliphatic carbocycles. The summed E-state index contributed by atoms with van der Waals surface area (Å²) < 4.78 is 1.97. The van der Waals surface area contributed by atoms with Crippen molar-refractivity contribution in [3.05, 3.63) is 59.2 Å². The number of allylic oxidation sites excluding steroid dienone is 1. The third-order valence-corrected chi connectivity index (χ3v) is 5.96. The summed E-state index contributed by atoms with van der Waals surface area (Å²) in [6.45, 7) is 8.34. The maximum absolute atomic E-state index is 12.9. The smallest absolute Gasteiger partial charge is 0.165 e. The normalized spacial score (nSPS) is 22.0. The van der Waals surface area contributed by atoms with Crippen LogP contribution in [-0.2, 0) is 11.2 Å². The van der Waals surface area contributed by atoms with Gasteiger partial charge in [-0.25, -0.2) is 9.97 Å². The van der Waals surface area contributed by atoms with Gasteiger partial charge >= 0.3 is 0 Å². The van der Waals surface area contributed by atoms with Gasteiger partial charge in [-0.05, 0) is 68.7 Å². The molecular formula is C24H27N5O. The van der Waals surface area contributed by atoms with Gasteiger partial charge in [0, 0.05) is 49.6 Å². The van der Waals surface area contributed by atoms with E-state index in [1.807, 2.05) is 41.9 Å². The minimum Gasteiger partial charge on any atom is -0.354 e. The Labute approximate surface area is 176 Å². The second-order valence-electron chi connectivity index (χ2n) is 8.66. The van der Waals surface area contributed by atoms with Crippen molar-refractivity contribution in [2.45, 2.75) is 45.7 Å². The van der Waals surface area contributed by atoms with Crippen molar-refractivity contribution < 1.29 is 4.79 Å². The Morgan fingerprint density at radius 1 is 1.07 bits per heavy atom. The van der Waals surface area contributed by atoms with Crippen LogP contribution in [0.15, 0.2) is 36.7 Å². The van der Waals surface area contributed by atoms with Crippen molar-refractivity contribution in [1.82, 2.24) is 19.7 Å². The maximum Gasteiger partial charge on any atom is 0.165 e. The zero-order valence-corrected chi connectivity index (χ0v) is 17.7. The van der Waals surface area contributed by atoms with Gasteiger partial charge < -0.3 is 14.6 Å². The zero-order chi connectivity index (χ0) is 20.8. The standard InChI is InChI=1S/C24H27N5O/c1-15-8-9-28-14-21(27-24(28)10-15)19-11-18-4-7-23(26-20(18)5-6-22(19)30)29-12-16(2)25-17(3)13-29/h4,7-11,14,16-17,25H,5-6,12-13H2,1-3H3/t16-,17+. The number of nitrogens with zero attached hydrogens (tertiary/aromatic N) is 4. The highest BCUT2D eigenvalue weighted by Gasteiger charge is 2.24. The van der Waals surface area contributed by atoms with Crippen molar-refractivity contribution in [2.75, 3.05) is 18.0 Å². The van der Waals surface area contributed by atoms with E-state index in [4.69, 9.17) is 9.97 Å². The molecule has 0 saturated carbocycles. The number of hydrogen-bond acceptors (Lipinski definition) is 5. The van der Waals surface area contributed by atoms with E-state index >= 15 is 0 Å². The SMILES string of the molecule is Cc1ccn2cc(C3=Cc4ccc(N5C[C@@H](C)N[C@@H](C)C5)nc4CCC3=O)nc2c1. The Hall–Kier alpha value is -2.99. The molecule has 3 aromatic heterocycles. The lowest BCUT2D eigenvalue weighted by Crippen LogP contribution is -2.54. The van der Waals surface area contributed by atoms with Crippen molar-refractivity contribution in [2.24, 2.45) is 0 Å². The first-order valence-electron chi connectivity index (χ1n) is 10.7. The number of aryl methyl sites for hydroxylation is 2. The lowest BCUT2D eigenvalue weighted by atomic mass is 10.1. The number of nitrogens with one attached hydrogen (secondary N) is 1. The Kier molecular flexibility index (Phi) is 4.66. The van der Waals surface area contributed by atoms with Crippen LogP contribution >= 0.6 is 0 Å². The number of pyridine rings is 2. The fourth-order valence-electron chi connectivity index (χ4n) is 4.56. The largest absolute Gasteiger partial charge is 0.354 e. The number of rotatable bonds is 2. The minimum absolute atomic E-state index is 0.124. The molecule has 1 fully saturated rings. The number of carbonyl (C=O) groups excluding carboxylic acids is 1. The highest BCUT2D eigenvalue weighted by Crippen LogP contribution is 2.28. The molecule has 2 atom stereocenters. The van der Waals surface area contributed by atoms with Crippen LogP contribution in [0.25, 0.3) is 17.3 Å². The summed E-state index contributed by atoms with van der Waals surface area (Å²) >= 11 is 0. The molecular weight excluding hydrogens is 374 g/mol. The van der Waals surface area contributed by atoms with E-state index in [2.05, 4.69) is 36.2 Å². The van der Waals surface area contributed by atoms with Gasteiger partial charge in [-0.1, -0.05) is 0 Å². The second kappa shape index (κ2) is 7.36. The molecule has 6 nitrogen and oxygen atoms in total. The topological polar surface area (TPSA) is 62.5 Å². The van der Waals surface area contributed by atoms with Gasteiger partial charge in [-0.2, -0.15) is 0 Å². The predicted octanol–water partition coefficient (Wildman–Crippen LogP) is 3.28. The van der Waals surface area contributed by atoms with Gasteiger partial charge in [-0.15, -0.1) is 0 Å². The number of ketones is 1. The summed E-state index contributed by atoms with van der Waals surface area (Å²) in [4.78, 5) is 24.9.